The van der Waals surface area contributed by atoms with Crippen molar-refractivity contribution in [3.8, 4) is 23.0 Å². The molecule has 32 heavy (non-hydrogen) atoms. The van der Waals surface area contributed by atoms with Crippen molar-refractivity contribution in [3.63, 3.8) is 0 Å². The van der Waals surface area contributed by atoms with Crippen LogP contribution in [0.2, 0.25) is 0 Å². The van der Waals surface area contributed by atoms with Gasteiger partial charge in [0.15, 0.2) is 23.1 Å². The molecule has 4 aromatic carbocycles. The summed E-state index contributed by atoms with van der Waals surface area (Å²) in [6.45, 7) is 0. The maximum absolute atomic E-state index is 13.3. The number of benzene rings is 4. The van der Waals surface area contributed by atoms with Gasteiger partial charge in [-0.05, 0) is 48.5 Å². The minimum atomic E-state index is -0.386. The zero-order valence-corrected chi connectivity index (χ0v) is 16.9. The lowest BCUT2D eigenvalue weighted by Crippen LogP contribution is -2.24. The van der Waals surface area contributed by atoms with Gasteiger partial charge in [-0.3, -0.25) is 9.59 Å². The van der Waals surface area contributed by atoms with Crippen molar-refractivity contribution < 1.29 is 19.1 Å². The number of nitrogens with two attached hydrogens (primary N) is 2. The highest BCUT2D eigenvalue weighted by Crippen LogP contribution is 2.41. The number of ketones is 2. The van der Waals surface area contributed by atoms with Gasteiger partial charge in [-0.1, -0.05) is 36.4 Å². The van der Waals surface area contributed by atoms with Gasteiger partial charge in [-0.25, -0.2) is 0 Å². The first-order valence-corrected chi connectivity index (χ1v) is 9.94. The lowest BCUT2D eigenvalue weighted by atomic mass is 9.82. The van der Waals surface area contributed by atoms with Crippen LogP contribution in [0, 0.1) is 0 Å². The van der Waals surface area contributed by atoms with Crippen molar-refractivity contribution in [1.29, 1.82) is 0 Å². The maximum Gasteiger partial charge on any atom is 0.196 e. The fourth-order valence-corrected chi connectivity index (χ4v) is 3.75. The molecular formula is C26H18N2O4. The van der Waals surface area contributed by atoms with E-state index in [4.69, 9.17) is 20.9 Å². The summed E-state index contributed by atoms with van der Waals surface area (Å²) in [7, 11) is 0. The molecule has 0 saturated carbocycles. The number of ether oxygens (including phenoxy) is 2. The van der Waals surface area contributed by atoms with Gasteiger partial charge < -0.3 is 20.9 Å². The second-order valence-electron chi connectivity index (χ2n) is 7.29. The Hall–Kier alpha value is -4.58. The molecule has 0 radical (unpaired) electrons. The average molecular weight is 422 g/mol. The molecule has 4 aromatic rings. The molecule has 0 bridgehead atoms. The highest BCUT2D eigenvalue weighted by Gasteiger charge is 2.35. The number of nitrogen functional groups attached to an aromatic ring is 2. The Morgan fingerprint density at radius 1 is 0.500 bits per heavy atom. The largest absolute Gasteiger partial charge is 0.455 e. The van der Waals surface area contributed by atoms with Crippen LogP contribution in [-0.4, -0.2) is 11.6 Å². The normalized spacial score (nSPS) is 12.1. The molecule has 6 nitrogen and oxygen atoms in total. The second kappa shape index (κ2) is 7.59. The molecule has 156 valence electrons. The van der Waals surface area contributed by atoms with E-state index in [2.05, 4.69) is 0 Å². The summed E-state index contributed by atoms with van der Waals surface area (Å²) in [4.78, 5) is 26.6. The smallest absolute Gasteiger partial charge is 0.196 e. The second-order valence-corrected chi connectivity index (χ2v) is 7.29. The molecule has 0 amide bonds. The maximum atomic E-state index is 13.3. The molecule has 1 aliphatic rings. The molecule has 0 aromatic heterocycles. The van der Waals surface area contributed by atoms with E-state index in [-0.39, 0.29) is 45.2 Å². The Morgan fingerprint density at radius 2 is 0.875 bits per heavy atom. The summed E-state index contributed by atoms with van der Waals surface area (Å²) in [5.41, 5.74) is 13.4. The predicted octanol–water partition coefficient (Wildman–Crippen LogP) is 5.21. The summed E-state index contributed by atoms with van der Waals surface area (Å²) < 4.78 is 11.6. The molecule has 0 unspecified atom stereocenters. The molecule has 0 aliphatic heterocycles. The molecule has 0 atom stereocenters. The number of carbonyl (C=O) groups excluding carboxylic acids is 2. The monoisotopic (exact) mass is 422 g/mol. The van der Waals surface area contributed by atoms with Crippen LogP contribution in [0.3, 0.4) is 0 Å². The molecule has 5 rings (SSSR count). The third kappa shape index (κ3) is 3.15. The third-order valence-corrected chi connectivity index (χ3v) is 5.30. The van der Waals surface area contributed by atoms with Crippen LogP contribution in [0.5, 0.6) is 23.0 Å². The van der Waals surface area contributed by atoms with Crippen LogP contribution >= 0.6 is 0 Å². The van der Waals surface area contributed by atoms with Crippen LogP contribution in [0.25, 0.3) is 0 Å². The number of hydrogen-bond acceptors (Lipinski definition) is 6. The van der Waals surface area contributed by atoms with Crippen molar-refractivity contribution in [1.82, 2.24) is 0 Å². The average Bonchev–Trinajstić information content (AvgIpc) is 2.81. The van der Waals surface area contributed by atoms with Gasteiger partial charge in [-0.2, -0.15) is 0 Å². The zero-order valence-electron chi connectivity index (χ0n) is 16.9. The van der Waals surface area contributed by atoms with Crippen molar-refractivity contribution in [3.05, 3.63) is 107 Å². The molecule has 1 aliphatic carbocycles. The number of anilines is 2. The first kappa shape index (κ1) is 19.4. The van der Waals surface area contributed by atoms with E-state index in [0.29, 0.717) is 23.0 Å². The highest BCUT2D eigenvalue weighted by atomic mass is 16.5. The van der Waals surface area contributed by atoms with Crippen molar-refractivity contribution in [2.75, 3.05) is 11.5 Å². The summed E-state index contributed by atoms with van der Waals surface area (Å²) >= 11 is 0. The predicted molar refractivity (Wildman–Crippen MR) is 122 cm³/mol. The molecule has 0 heterocycles. The number of fused-ring (bicyclic) bond motifs is 2. The molecule has 0 fully saturated rings. The van der Waals surface area contributed by atoms with Gasteiger partial charge >= 0.3 is 0 Å². The Labute approximate surface area is 184 Å². The fraction of sp³-hybridized carbons (Fsp3) is 0. The minimum absolute atomic E-state index is 0.110. The van der Waals surface area contributed by atoms with Crippen LogP contribution in [0.15, 0.2) is 84.9 Å². The highest BCUT2D eigenvalue weighted by molar-refractivity contribution is 6.32. The Balaban J connectivity index is 1.56. The van der Waals surface area contributed by atoms with Crippen molar-refractivity contribution in [2.24, 2.45) is 0 Å². The van der Waals surface area contributed by atoms with Crippen LogP contribution in [0.1, 0.15) is 31.8 Å². The van der Waals surface area contributed by atoms with E-state index in [0.717, 1.165) is 0 Å². The fourth-order valence-electron chi connectivity index (χ4n) is 3.75. The topological polar surface area (TPSA) is 105 Å². The summed E-state index contributed by atoms with van der Waals surface area (Å²) in [5.74, 6) is 0.974. The van der Waals surface area contributed by atoms with Crippen LogP contribution < -0.4 is 20.9 Å². The van der Waals surface area contributed by atoms with Gasteiger partial charge in [-0.15, -0.1) is 0 Å². The van der Waals surface area contributed by atoms with Gasteiger partial charge in [0.1, 0.15) is 11.5 Å². The standard InChI is InChI=1S/C26H18N2O4/c27-23-19(31-15-7-3-1-4-8-15)13-11-17-21(23)25(29)18-12-14-20(24(28)22(18)26(17)30)32-16-9-5-2-6-10-16/h1-14H,27-28H2. The number of hydrogen-bond donors (Lipinski definition) is 2. The van der Waals surface area contributed by atoms with E-state index in [9.17, 15) is 9.59 Å². The van der Waals surface area contributed by atoms with Crippen LogP contribution in [-0.2, 0) is 0 Å². The Bertz CT molecular complexity index is 1260. The summed E-state index contributed by atoms with van der Waals surface area (Å²) in [5, 5.41) is 0. The molecule has 6 heteroatoms. The number of para-hydroxylation sites is 2. The van der Waals surface area contributed by atoms with E-state index in [1.54, 1.807) is 36.4 Å². The first-order valence-electron chi connectivity index (χ1n) is 9.94. The number of rotatable bonds is 4. The van der Waals surface area contributed by atoms with Crippen molar-refractivity contribution in [2.45, 2.75) is 0 Å². The first-order chi connectivity index (χ1) is 15.5. The molecule has 0 saturated heterocycles. The Kier molecular flexibility index (Phi) is 4.60. The minimum Gasteiger partial charge on any atom is -0.455 e. The molecular weight excluding hydrogens is 404 g/mol. The quantitative estimate of drug-likeness (QED) is 0.385. The van der Waals surface area contributed by atoms with Gasteiger partial charge in [0.05, 0.1) is 22.5 Å². The van der Waals surface area contributed by atoms with Crippen molar-refractivity contribution >= 4 is 22.9 Å². The molecule has 4 N–H and O–H groups in total. The van der Waals surface area contributed by atoms with E-state index in [1.165, 1.54) is 12.1 Å². The Morgan fingerprint density at radius 3 is 1.25 bits per heavy atom. The zero-order chi connectivity index (χ0) is 22.2. The van der Waals surface area contributed by atoms with Gasteiger partial charge in [0.2, 0.25) is 0 Å². The van der Waals surface area contributed by atoms with Gasteiger partial charge in [0, 0.05) is 11.1 Å². The lowest BCUT2D eigenvalue weighted by Gasteiger charge is -2.22. The summed E-state index contributed by atoms with van der Waals surface area (Å²) in [6, 6.07) is 24.4. The summed E-state index contributed by atoms with van der Waals surface area (Å²) in [6.07, 6.45) is 0. The van der Waals surface area contributed by atoms with Crippen LogP contribution in [0.4, 0.5) is 11.4 Å². The van der Waals surface area contributed by atoms with E-state index < -0.39 is 0 Å². The molecule has 0 spiro atoms. The lowest BCUT2D eigenvalue weighted by molar-refractivity contribution is 0.0980. The van der Waals surface area contributed by atoms with Gasteiger partial charge in [0.25, 0.3) is 0 Å². The van der Waals surface area contributed by atoms with E-state index in [1.807, 2.05) is 36.4 Å². The third-order valence-electron chi connectivity index (χ3n) is 5.30. The number of carbonyl (C=O) groups is 2. The SMILES string of the molecule is Nc1c(Oc2ccccc2)ccc2c1C(=O)c1ccc(Oc3ccccc3)c(N)c1C2=O. The van der Waals surface area contributed by atoms with E-state index >= 15 is 0 Å².